The first-order chi connectivity index (χ1) is 11.3. The second-order valence-electron chi connectivity index (χ2n) is 5.67. The van der Waals surface area contributed by atoms with E-state index in [4.69, 9.17) is 5.11 Å². The van der Waals surface area contributed by atoms with E-state index in [0.717, 1.165) is 19.3 Å². The molecule has 0 aromatic carbocycles. The maximum atomic E-state index is 12.7. The second kappa shape index (κ2) is 7.71. The van der Waals surface area contributed by atoms with E-state index in [2.05, 4.69) is 9.71 Å². The first-order valence-electron chi connectivity index (χ1n) is 7.77. The van der Waals surface area contributed by atoms with Crippen LogP contribution in [0.15, 0.2) is 23.4 Å². The molecule has 0 aliphatic carbocycles. The number of aliphatic carboxylic acids is 1. The van der Waals surface area contributed by atoms with Crippen LogP contribution in [0, 0.1) is 0 Å². The second-order valence-corrected chi connectivity index (χ2v) is 7.51. The van der Waals surface area contributed by atoms with Crippen LogP contribution in [0.1, 0.15) is 42.5 Å². The van der Waals surface area contributed by atoms with E-state index in [1.165, 1.54) is 25.4 Å². The number of nitrogens with one attached hydrogen (secondary N) is 1. The molecule has 132 valence electrons. The Morgan fingerprint density at radius 3 is 2.71 bits per heavy atom. The van der Waals surface area contributed by atoms with Gasteiger partial charge in [-0.1, -0.05) is 0 Å². The Labute approximate surface area is 140 Å². The number of hydrogen-bond donors (Lipinski definition) is 2. The van der Waals surface area contributed by atoms with E-state index in [0.29, 0.717) is 18.5 Å². The Balaban J connectivity index is 2.15. The van der Waals surface area contributed by atoms with Gasteiger partial charge >= 0.3 is 5.97 Å². The molecule has 2 rings (SSSR count). The van der Waals surface area contributed by atoms with Crippen molar-refractivity contribution in [3.8, 4) is 0 Å². The summed E-state index contributed by atoms with van der Waals surface area (Å²) in [5.41, 5.74) is 0.298. The zero-order chi connectivity index (χ0) is 17.7. The molecule has 2 heterocycles. The molecule has 1 aromatic rings. The van der Waals surface area contributed by atoms with Gasteiger partial charge in [0, 0.05) is 25.2 Å². The van der Waals surface area contributed by atoms with Gasteiger partial charge in [-0.15, -0.1) is 0 Å². The number of aromatic nitrogens is 1. The number of likely N-dealkylation sites (tertiary alicyclic amines) is 1. The standard InChI is InChI=1S/C15H21N3O5S/c1-16-24(22,23)13-7-5-11(10-17-13)15(21)18-9-3-2-4-12(18)6-8-14(19)20/h5,7,10,12,16H,2-4,6,8-9H2,1H3,(H,19,20). The van der Waals surface area contributed by atoms with Crippen LogP contribution in [-0.2, 0) is 14.8 Å². The lowest BCUT2D eigenvalue weighted by molar-refractivity contribution is -0.137. The number of hydrogen-bond acceptors (Lipinski definition) is 5. The van der Waals surface area contributed by atoms with Crippen molar-refractivity contribution in [2.75, 3.05) is 13.6 Å². The molecule has 0 radical (unpaired) electrons. The molecule has 1 unspecified atom stereocenters. The number of rotatable bonds is 6. The van der Waals surface area contributed by atoms with Gasteiger partial charge in [-0.25, -0.2) is 18.1 Å². The highest BCUT2D eigenvalue weighted by Gasteiger charge is 2.28. The molecule has 0 spiro atoms. The first kappa shape index (κ1) is 18.3. The van der Waals surface area contributed by atoms with Crippen LogP contribution >= 0.6 is 0 Å². The van der Waals surface area contributed by atoms with Gasteiger partial charge in [0.05, 0.1) is 5.56 Å². The predicted molar refractivity (Wildman–Crippen MR) is 86.0 cm³/mol. The minimum Gasteiger partial charge on any atom is -0.481 e. The van der Waals surface area contributed by atoms with Crippen molar-refractivity contribution in [3.63, 3.8) is 0 Å². The lowest BCUT2D eigenvalue weighted by atomic mass is 9.97. The molecule has 0 saturated carbocycles. The molecular weight excluding hydrogens is 334 g/mol. The SMILES string of the molecule is CNS(=O)(=O)c1ccc(C(=O)N2CCCCC2CCC(=O)O)cn1. The average molecular weight is 355 g/mol. The lowest BCUT2D eigenvalue weighted by Crippen LogP contribution is -2.44. The van der Waals surface area contributed by atoms with Crippen LogP contribution in [0.3, 0.4) is 0 Å². The number of carbonyl (C=O) groups is 2. The number of carboxylic acids is 1. The molecule has 1 aliphatic heterocycles. The number of sulfonamides is 1. The summed E-state index contributed by atoms with van der Waals surface area (Å²) in [6, 6.07) is 2.61. The monoisotopic (exact) mass is 355 g/mol. The first-order valence-corrected chi connectivity index (χ1v) is 9.26. The van der Waals surface area contributed by atoms with Crippen molar-refractivity contribution in [1.82, 2.24) is 14.6 Å². The zero-order valence-electron chi connectivity index (χ0n) is 13.4. The molecule has 1 aromatic heterocycles. The number of carbonyl (C=O) groups excluding carboxylic acids is 1. The molecule has 1 saturated heterocycles. The highest BCUT2D eigenvalue weighted by atomic mass is 32.2. The summed E-state index contributed by atoms with van der Waals surface area (Å²) in [4.78, 5) is 29.0. The third-order valence-corrected chi connectivity index (χ3v) is 5.44. The van der Waals surface area contributed by atoms with Crippen molar-refractivity contribution in [1.29, 1.82) is 0 Å². The molecule has 1 fully saturated rings. The summed E-state index contributed by atoms with van der Waals surface area (Å²) in [6.07, 6.45) is 4.29. The molecule has 8 nitrogen and oxygen atoms in total. The molecule has 24 heavy (non-hydrogen) atoms. The van der Waals surface area contributed by atoms with Crippen molar-refractivity contribution < 1.29 is 23.1 Å². The maximum absolute atomic E-state index is 12.7. The van der Waals surface area contributed by atoms with E-state index in [9.17, 15) is 18.0 Å². The Morgan fingerprint density at radius 2 is 2.12 bits per heavy atom. The third-order valence-electron chi connectivity index (χ3n) is 4.11. The number of amides is 1. The molecule has 2 N–H and O–H groups in total. The zero-order valence-corrected chi connectivity index (χ0v) is 14.3. The fourth-order valence-corrected chi connectivity index (χ4v) is 3.44. The summed E-state index contributed by atoms with van der Waals surface area (Å²) in [6.45, 7) is 0.569. The average Bonchev–Trinajstić information content (AvgIpc) is 2.59. The molecule has 1 amide bonds. The fraction of sp³-hybridized carbons (Fsp3) is 0.533. The maximum Gasteiger partial charge on any atom is 0.303 e. The van der Waals surface area contributed by atoms with E-state index in [1.54, 1.807) is 4.90 Å². The van der Waals surface area contributed by atoms with E-state index in [1.807, 2.05) is 0 Å². The van der Waals surface area contributed by atoms with Crippen molar-refractivity contribution >= 4 is 21.9 Å². The normalized spacial score (nSPS) is 18.4. The van der Waals surface area contributed by atoms with Gasteiger partial charge in [-0.05, 0) is 44.9 Å². The summed E-state index contributed by atoms with van der Waals surface area (Å²) in [7, 11) is -2.36. The quantitative estimate of drug-likeness (QED) is 0.781. The number of nitrogens with zero attached hydrogens (tertiary/aromatic N) is 2. The van der Waals surface area contributed by atoms with Gasteiger partial charge in [0.25, 0.3) is 15.9 Å². The predicted octanol–water partition coefficient (Wildman–Crippen LogP) is 0.849. The Hall–Kier alpha value is -2.00. The molecule has 0 bridgehead atoms. The summed E-state index contributed by atoms with van der Waals surface area (Å²) >= 11 is 0. The molecule has 1 atom stereocenters. The Bertz CT molecular complexity index is 702. The summed E-state index contributed by atoms with van der Waals surface area (Å²) in [5.74, 6) is -1.12. The number of piperidine rings is 1. The third kappa shape index (κ3) is 4.30. The minimum absolute atomic E-state index is 0.0199. The topological polar surface area (TPSA) is 117 Å². The van der Waals surface area contributed by atoms with Crippen LogP contribution in [-0.4, -0.2) is 54.9 Å². The van der Waals surface area contributed by atoms with Crippen LogP contribution in [0.5, 0.6) is 0 Å². The number of pyridine rings is 1. The molecule has 9 heteroatoms. The van der Waals surface area contributed by atoms with Gasteiger partial charge in [-0.2, -0.15) is 0 Å². The Morgan fingerprint density at radius 1 is 1.38 bits per heavy atom. The Kier molecular flexibility index (Phi) is 5.89. The number of carboxylic acid groups (broad SMARTS) is 1. The van der Waals surface area contributed by atoms with Crippen molar-refractivity contribution in [3.05, 3.63) is 23.9 Å². The van der Waals surface area contributed by atoms with Crippen LogP contribution in [0.25, 0.3) is 0 Å². The smallest absolute Gasteiger partial charge is 0.303 e. The lowest BCUT2D eigenvalue weighted by Gasteiger charge is -2.35. The highest BCUT2D eigenvalue weighted by Crippen LogP contribution is 2.23. The molecule has 1 aliphatic rings. The van der Waals surface area contributed by atoms with E-state index in [-0.39, 0.29) is 23.4 Å². The van der Waals surface area contributed by atoms with E-state index < -0.39 is 16.0 Å². The van der Waals surface area contributed by atoms with Crippen LogP contribution < -0.4 is 4.72 Å². The van der Waals surface area contributed by atoms with Gasteiger partial charge in [0.15, 0.2) is 5.03 Å². The molecular formula is C15H21N3O5S. The fourth-order valence-electron chi connectivity index (χ4n) is 2.79. The largest absolute Gasteiger partial charge is 0.481 e. The van der Waals surface area contributed by atoms with E-state index >= 15 is 0 Å². The summed E-state index contributed by atoms with van der Waals surface area (Å²) in [5, 5.41) is 8.69. The highest BCUT2D eigenvalue weighted by molar-refractivity contribution is 7.89. The van der Waals surface area contributed by atoms with Crippen LogP contribution in [0.2, 0.25) is 0 Å². The minimum atomic E-state index is -3.65. The van der Waals surface area contributed by atoms with Gasteiger partial charge in [0.1, 0.15) is 0 Å². The summed E-state index contributed by atoms with van der Waals surface area (Å²) < 4.78 is 25.5. The van der Waals surface area contributed by atoms with Gasteiger partial charge < -0.3 is 10.0 Å². The van der Waals surface area contributed by atoms with Crippen molar-refractivity contribution in [2.45, 2.75) is 43.2 Å². The van der Waals surface area contributed by atoms with Gasteiger partial charge in [-0.3, -0.25) is 9.59 Å². The van der Waals surface area contributed by atoms with Gasteiger partial charge in [0.2, 0.25) is 0 Å². The van der Waals surface area contributed by atoms with Crippen LogP contribution in [0.4, 0.5) is 0 Å². The van der Waals surface area contributed by atoms with Crippen molar-refractivity contribution in [2.24, 2.45) is 0 Å².